The maximum Gasteiger partial charge on any atom is 0.315 e. The third-order valence-electron chi connectivity index (χ3n) is 4.51. The lowest BCUT2D eigenvalue weighted by Gasteiger charge is -2.24. The first kappa shape index (κ1) is 22.1. The largest absolute Gasteiger partial charge is 0.497 e. The lowest BCUT2D eigenvalue weighted by atomic mass is 10.0. The van der Waals surface area contributed by atoms with E-state index in [4.69, 9.17) is 9.47 Å². The van der Waals surface area contributed by atoms with Gasteiger partial charge in [0.2, 0.25) is 0 Å². The molecule has 0 aliphatic heterocycles. The molecule has 0 bridgehead atoms. The van der Waals surface area contributed by atoms with Crippen LogP contribution in [0.25, 0.3) is 0 Å². The maximum atomic E-state index is 11.6. The SMILES string of the molecule is C=CCC(CC(SCC(=O)OC)c1ccccc1)NCc1ccc(OC)cc1. The van der Waals surface area contributed by atoms with Crippen LogP contribution in [0.15, 0.2) is 67.3 Å². The Kier molecular flexibility index (Phi) is 9.66. The van der Waals surface area contributed by atoms with Gasteiger partial charge in [0.1, 0.15) is 5.75 Å². The quantitative estimate of drug-likeness (QED) is 0.412. The van der Waals surface area contributed by atoms with Gasteiger partial charge in [0, 0.05) is 17.8 Å². The molecule has 4 nitrogen and oxygen atoms in total. The number of ether oxygens (including phenoxy) is 2. The van der Waals surface area contributed by atoms with Crippen LogP contribution < -0.4 is 10.1 Å². The molecule has 0 saturated heterocycles. The van der Waals surface area contributed by atoms with Crippen molar-refractivity contribution in [2.45, 2.75) is 30.7 Å². The Labute approximate surface area is 172 Å². The van der Waals surface area contributed by atoms with E-state index in [9.17, 15) is 4.79 Å². The molecule has 0 radical (unpaired) electrons. The summed E-state index contributed by atoms with van der Waals surface area (Å²) in [5.74, 6) is 1.00. The molecule has 0 aliphatic carbocycles. The average molecular weight is 400 g/mol. The van der Waals surface area contributed by atoms with E-state index in [0.717, 1.165) is 25.1 Å². The molecular formula is C23H29NO3S. The first-order valence-corrected chi connectivity index (χ1v) is 10.4. The van der Waals surface area contributed by atoms with Crippen molar-refractivity contribution >= 4 is 17.7 Å². The highest BCUT2D eigenvalue weighted by molar-refractivity contribution is 8.00. The van der Waals surface area contributed by atoms with Gasteiger partial charge in [-0.25, -0.2) is 0 Å². The van der Waals surface area contributed by atoms with Crippen molar-refractivity contribution in [3.8, 4) is 5.75 Å². The van der Waals surface area contributed by atoms with Gasteiger partial charge in [0.05, 0.1) is 20.0 Å². The Morgan fingerprint density at radius 3 is 2.46 bits per heavy atom. The molecule has 2 unspecified atom stereocenters. The first-order valence-electron chi connectivity index (χ1n) is 9.36. The Hall–Kier alpha value is -2.24. The molecule has 0 fully saturated rings. The standard InChI is InChI=1S/C23H29NO3S/c1-4-8-20(24-16-18-11-13-21(26-2)14-12-18)15-22(28-17-23(25)27-3)19-9-6-5-7-10-19/h4-7,9-14,20,22,24H,1,8,15-17H2,2-3H3. The predicted molar refractivity (Wildman–Crippen MR) is 117 cm³/mol. The average Bonchev–Trinajstić information content (AvgIpc) is 2.75. The van der Waals surface area contributed by atoms with Gasteiger partial charge in [-0.2, -0.15) is 0 Å². The van der Waals surface area contributed by atoms with Gasteiger partial charge in [0.15, 0.2) is 0 Å². The zero-order chi connectivity index (χ0) is 20.2. The summed E-state index contributed by atoms with van der Waals surface area (Å²) in [4.78, 5) is 11.6. The molecule has 0 amide bonds. The normalized spacial score (nSPS) is 12.8. The van der Waals surface area contributed by atoms with Crippen molar-refractivity contribution in [2.24, 2.45) is 0 Å². The van der Waals surface area contributed by atoms with Crippen LogP contribution in [0.4, 0.5) is 0 Å². The summed E-state index contributed by atoms with van der Waals surface area (Å²) in [5.41, 5.74) is 2.42. The maximum absolute atomic E-state index is 11.6. The van der Waals surface area contributed by atoms with Gasteiger partial charge < -0.3 is 14.8 Å². The van der Waals surface area contributed by atoms with Gasteiger partial charge in [-0.15, -0.1) is 18.3 Å². The van der Waals surface area contributed by atoms with E-state index in [1.54, 1.807) is 18.9 Å². The number of thioether (sulfide) groups is 1. The third kappa shape index (κ3) is 7.41. The zero-order valence-corrected chi connectivity index (χ0v) is 17.4. The van der Waals surface area contributed by atoms with Crippen molar-refractivity contribution in [2.75, 3.05) is 20.0 Å². The summed E-state index contributed by atoms with van der Waals surface area (Å²) < 4.78 is 10.0. The van der Waals surface area contributed by atoms with Gasteiger partial charge >= 0.3 is 5.97 Å². The number of hydrogen-bond acceptors (Lipinski definition) is 5. The second-order valence-electron chi connectivity index (χ2n) is 6.47. The molecule has 1 N–H and O–H groups in total. The lowest BCUT2D eigenvalue weighted by Crippen LogP contribution is -2.29. The number of hydrogen-bond donors (Lipinski definition) is 1. The van der Waals surface area contributed by atoms with E-state index in [1.807, 2.05) is 36.4 Å². The number of carbonyl (C=O) groups is 1. The first-order chi connectivity index (χ1) is 13.7. The molecule has 150 valence electrons. The van der Waals surface area contributed by atoms with Crippen molar-refractivity contribution in [3.05, 3.63) is 78.4 Å². The minimum absolute atomic E-state index is 0.197. The van der Waals surface area contributed by atoms with Gasteiger partial charge in [-0.3, -0.25) is 4.79 Å². The monoisotopic (exact) mass is 399 g/mol. The summed E-state index contributed by atoms with van der Waals surface area (Å²) in [5, 5.41) is 3.84. The summed E-state index contributed by atoms with van der Waals surface area (Å²) in [6.07, 6.45) is 3.70. The zero-order valence-electron chi connectivity index (χ0n) is 16.6. The van der Waals surface area contributed by atoms with Gasteiger partial charge in [-0.1, -0.05) is 48.5 Å². The van der Waals surface area contributed by atoms with Crippen LogP contribution >= 0.6 is 11.8 Å². The van der Waals surface area contributed by atoms with E-state index in [-0.39, 0.29) is 17.3 Å². The Morgan fingerprint density at radius 2 is 1.86 bits per heavy atom. The van der Waals surface area contributed by atoms with Crippen LogP contribution in [0.3, 0.4) is 0 Å². The summed E-state index contributed by atoms with van der Waals surface area (Å²) in [7, 11) is 3.10. The van der Waals surface area contributed by atoms with E-state index in [1.165, 1.54) is 18.2 Å². The Morgan fingerprint density at radius 1 is 1.14 bits per heavy atom. The molecule has 0 aliphatic rings. The fraction of sp³-hybridized carbons (Fsp3) is 0.348. The molecule has 0 heterocycles. The van der Waals surface area contributed by atoms with Crippen LogP contribution in [0.1, 0.15) is 29.2 Å². The van der Waals surface area contributed by atoms with E-state index in [2.05, 4.69) is 36.2 Å². The molecule has 0 aromatic heterocycles. The molecule has 5 heteroatoms. The highest BCUT2D eigenvalue weighted by atomic mass is 32.2. The van der Waals surface area contributed by atoms with E-state index in [0.29, 0.717) is 5.75 Å². The van der Waals surface area contributed by atoms with Crippen LogP contribution in [0.5, 0.6) is 5.75 Å². The molecule has 2 aromatic rings. The second-order valence-corrected chi connectivity index (χ2v) is 7.66. The number of carbonyl (C=O) groups excluding carboxylic acids is 1. The summed E-state index contributed by atoms with van der Waals surface area (Å²) in [6, 6.07) is 18.6. The highest BCUT2D eigenvalue weighted by Gasteiger charge is 2.19. The van der Waals surface area contributed by atoms with Crippen LogP contribution in [0, 0.1) is 0 Å². The Bertz CT molecular complexity index is 718. The van der Waals surface area contributed by atoms with E-state index >= 15 is 0 Å². The summed E-state index contributed by atoms with van der Waals surface area (Å²) in [6.45, 7) is 4.68. The number of methoxy groups -OCH3 is 2. The molecule has 28 heavy (non-hydrogen) atoms. The van der Waals surface area contributed by atoms with Gasteiger partial charge in [0.25, 0.3) is 0 Å². The topological polar surface area (TPSA) is 47.6 Å². The van der Waals surface area contributed by atoms with Crippen molar-refractivity contribution in [3.63, 3.8) is 0 Å². The predicted octanol–water partition coefficient (Wildman–Crippen LogP) is 4.77. The van der Waals surface area contributed by atoms with Crippen molar-refractivity contribution in [1.29, 1.82) is 0 Å². The third-order valence-corrected chi connectivity index (χ3v) is 5.77. The minimum atomic E-state index is -0.197. The molecule has 2 rings (SSSR count). The number of benzene rings is 2. The fourth-order valence-corrected chi connectivity index (χ4v) is 4.10. The summed E-state index contributed by atoms with van der Waals surface area (Å²) >= 11 is 1.62. The van der Waals surface area contributed by atoms with Crippen molar-refractivity contribution < 1.29 is 14.3 Å². The fourth-order valence-electron chi connectivity index (χ4n) is 2.92. The van der Waals surface area contributed by atoms with Crippen molar-refractivity contribution in [1.82, 2.24) is 5.32 Å². The molecule has 0 spiro atoms. The molecule has 0 saturated carbocycles. The van der Waals surface area contributed by atoms with Gasteiger partial charge in [-0.05, 0) is 36.1 Å². The number of rotatable bonds is 12. The smallest absolute Gasteiger partial charge is 0.315 e. The highest BCUT2D eigenvalue weighted by Crippen LogP contribution is 2.34. The molecule has 2 aromatic carbocycles. The number of esters is 1. The van der Waals surface area contributed by atoms with E-state index < -0.39 is 0 Å². The molecular weight excluding hydrogens is 370 g/mol. The molecule has 2 atom stereocenters. The van der Waals surface area contributed by atoms with Crippen LogP contribution in [-0.4, -0.2) is 32.0 Å². The Balaban J connectivity index is 2.03. The van der Waals surface area contributed by atoms with Crippen LogP contribution in [-0.2, 0) is 16.1 Å². The number of nitrogens with one attached hydrogen (secondary N) is 1. The second kappa shape index (κ2) is 12.3. The van der Waals surface area contributed by atoms with Crippen LogP contribution in [0.2, 0.25) is 0 Å². The minimum Gasteiger partial charge on any atom is -0.497 e. The lowest BCUT2D eigenvalue weighted by molar-refractivity contribution is -0.137.